The lowest BCUT2D eigenvalue weighted by Crippen LogP contribution is -2.36. The molecule has 0 N–H and O–H groups in total. The maximum Gasteiger partial charge on any atom is 0.227 e. The molecule has 0 aliphatic carbocycles. The molecular formula is C20H24N4O2S. The Balaban J connectivity index is 1.59. The number of carbonyl (C=O) groups is 1. The highest BCUT2D eigenvalue weighted by atomic mass is 32.1. The average molecular weight is 385 g/mol. The lowest BCUT2D eigenvalue weighted by molar-refractivity contribution is -0.132. The van der Waals surface area contributed by atoms with Gasteiger partial charge in [-0.3, -0.25) is 4.79 Å². The number of aryl methyl sites for hydroxylation is 1. The summed E-state index contributed by atoms with van der Waals surface area (Å²) in [5.41, 5.74) is 1.13. The summed E-state index contributed by atoms with van der Waals surface area (Å²) in [5, 5.41) is 5.97. The van der Waals surface area contributed by atoms with E-state index in [2.05, 4.69) is 15.0 Å². The Hall–Kier alpha value is -2.51. The van der Waals surface area contributed by atoms with E-state index in [1.807, 2.05) is 66.8 Å². The van der Waals surface area contributed by atoms with Gasteiger partial charge in [-0.2, -0.15) is 4.98 Å². The van der Waals surface area contributed by atoms with Gasteiger partial charge in [0.05, 0.1) is 4.88 Å². The van der Waals surface area contributed by atoms with E-state index >= 15 is 0 Å². The van der Waals surface area contributed by atoms with E-state index in [1.54, 1.807) is 11.3 Å². The van der Waals surface area contributed by atoms with Crippen molar-refractivity contribution in [2.75, 3.05) is 27.2 Å². The van der Waals surface area contributed by atoms with Crippen molar-refractivity contribution in [1.29, 1.82) is 0 Å². The molecule has 0 unspecified atom stereocenters. The molecule has 2 heterocycles. The molecule has 0 aliphatic rings. The maximum atomic E-state index is 12.8. The van der Waals surface area contributed by atoms with Gasteiger partial charge in [0.25, 0.3) is 0 Å². The van der Waals surface area contributed by atoms with Gasteiger partial charge in [-0.15, -0.1) is 11.3 Å². The topological polar surface area (TPSA) is 62.5 Å². The molecule has 0 atom stereocenters. The van der Waals surface area contributed by atoms with Crippen LogP contribution in [-0.2, 0) is 17.8 Å². The third-order valence-corrected chi connectivity index (χ3v) is 5.01. The molecule has 6 nitrogen and oxygen atoms in total. The molecule has 0 radical (unpaired) electrons. The Morgan fingerprint density at radius 2 is 1.93 bits per heavy atom. The minimum absolute atomic E-state index is 0.0941. The van der Waals surface area contributed by atoms with E-state index in [4.69, 9.17) is 4.52 Å². The minimum atomic E-state index is 0.0941. The van der Waals surface area contributed by atoms with E-state index in [0.29, 0.717) is 37.6 Å². The molecule has 27 heavy (non-hydrogen) atoms. The number of amides is 1. The monoisotopic (exact) mass is 384 g/mol. The van der Waals surface area contributed by atoms with E-state index < -0.39 is 0 Å². The fraction of sp³-hybridized carbons (Fsp3) is 0.350. The second-order valence-electron chi connectivity index (χ2n) is 6.59. The Labute approximate surface area is 163 Å². The Morgan fingerprint density at radius 3 is 2.63 bits per heavy atom. The molecule has 0 bridgehead atoms. The zero-order chi connectivity index (χ0) is 19.1. The molecule has 0 saturated carbocycles. The predicted octanol–water partition coefficient (Wildman–Crippen LogP) is 3.32. The highest BCUT2D eigenvalue weighted by molar-refractivity contribution is 7.13. The fourth-order valence-electron chi connectivity index (χ4n) is 2.65. The highest BCUT2D eigenvalue weighted by Gasteiger charge is 2.17. The van der Waals surface area contributed by atoms with Gasteiger partial charge in [-0.1, -0.05) is 41.6 Å². The van der Waals surface area contributed by atoms with E-state index in [-0.39, 0.29) is 5.91 Å². The molecule has 3 rings (SSSR count). The molecule has 0 saturated heterocycles. The second-order valence-corrected chi connectivity index (χ2v) is 7.54. The van der Waals surface area contributed by atoms with Crippen LogP contribution in [-0.4, -0.2) is 53.0 Å². The number of hydrogen-bond acceptors (Lipinski definition) is 6. The first kappa shape index (κ1) is 19.3. The molecule has 2 aromatic heterocycles. The molecule has 0 spiro atoms. The molecule has 3 aromatic rings. The zero-order valence-corrected chi connectivity index (χ0v) is 16.5. The van der Waals surface area contributed by atoms with Crippen LogP contribution in [0.5, 0.6) is 0 Å². The lowest BCUT2D eigenvalue weighted by atomic mass is 10.2. The van der Waals surface area contributed by atoms with Crippen LogP contribution in [0.1, 0.15) is 17.9 Å². The van der Waals surface area contributed by atoms with Crippen LogP contribution < -0.4 is 0 Å². The van der Waals surface area contributed by atoms with Gasteiger partial charge in [-0.05, 0) is 31.1 Å². The first-order chi connectivity index (χ1) is 13.1. The quantitative estimate of drug-likeness (QED) is 0.566. The molecular weight excluding hydrogens is 360 g/mol. The van der Waals surface area contributed by atoms with Crippen LogP contribution >= 0.6 is 11.3 Å². The van der Waals surface area contributed by atoms with Gasteiger partial charge in [-0.25, -0.2) is 0 Å². The van der Waals surface area contributed by atoms with Gasteiger partial charge in [0.15, 0.2) is 0 Å². The summed E-state index contributed by atoms with van der Waals surface area (Å²) in [6.45, 7) is 2.12. The first-order valence-corrected chi connectivity index (χ1v) is 9.82. The average Bonchev–Trinajstić information content (AvgIpc) is 3.35. The summed E-state index contributed by atoms with van der Waals surface area (Å²) in [7, 11) is 4.02. The number of hydrogen-bond donors (Lipinski definition) is 0. The molecule has 1 aromatic carbocycles. The third-order valence-electron chi connectivity index (χ3n) is 4.15. The van der Waals surface area contributed by atoms with Crippen molar-refractivity contribution in [3.63, 3.8) is 0 Å². The van der Waals surface area contributed by atoms with Crippen LogP contribution in [0.4, 0.5) is 0 Å². The van der Waals surface area contributed by atoms with Crippen molar-refractivity contribution in [1.82, 2.24) is 19.9 Å². The van der Waals surface area contributed by atoms with Crippen LogP contribution in [0.25, 0.3) is 10.7 Å². The SMILES string of the molecule is CN(C)CCN(Cc1ccccc1)C(=O)CCc1nc(-c2cccs2)no1. The van der Waals surface area contributed by atoms with Crippen molar-refractivity contribution < 1.29 is 9.32 Å². The van der Waals surface area contributed by atoms with Gasteiger partial charge >= 0.3 is 0 Å². The third kappa shape index (κ3) is 5.74. The number of aromatic nitrogens is 2. The van der Waals surface area contributed by atoms with Crippen molar-refractivity contribution in [2.45, 2.75) is 19.4 Å². The number of thiophene rings is 1. The van der Waals surface area contributed by atoms with E-state index in [0.717, 1.165) is 17.0 Å². The van der Waals surface area contributed by atoms with Crippen LogP contribution in [0, 0.1) is 0 Å². The fourth-order valence-corrected chi connectivity index (χ4v) is 3.30. The zero-order valence-electron chi connectivity index (χ0n) is 15.7. The Morgan fingerprint density at radius 1 is 1.11 bits per heavy atom. The second kappa shape index (κ2) is 9.43. The van der Waals surface area contributed by atoms with Gasteiger partial charge in [0.2, 0.25) is 17.6 Å². The van der Waals surface area contributed by atoms with Crippen LogP contribution in [0.3, 0.4) is 0 Å². The maximum absolute atomic E-state index is 12.8. The van der Waals surface area contributed by atoms with Gasteiger partial charge in [0, 0.05) is 32.5 Å². The molecule has 7 heteroatoms. The Kier molecular flexibility index (Phi) is 6.73. The molecule has 0 aliphatic heterocycles. The summed E-state index contributed by atoms with van der Waals surface area (Å²) in [5.74, 6) is 1.18. The smallest absolute Gasteiger partial charge is 0.227 e. The largest absolute Gasteiger partial charge is 0.339 e. The molecule has 0 fully saturated rings. The van der Waals surface area contributed by atoms with E-state index in [9.17, 15) is 4.79 Å². The van der Waals surface area contributed by atoms with Crippen molar-refractivity contribution in [3.05, 3.63) is 59.3 Å². The van der Waals surface area contributed by atoms with Crippen molar-refractivity contribution in [2.24, 2.45) is 0 Å². The number of carbonyl (C=O) groups excluding carboxylic acids is 1. The minimum Gasteiger partial charge on any atom is -0.339 e. The predicted molar refractivity (Wildman–Crippen MR) is 106 cm³/mol. The summed E-state index contributed by atoms with van der Waals surface area (Å²) < 4.78 is 5.30. The van der Waals surface area contributed by atoms with Crippen LogP contribution in [0.2, 0.25) is 0 Å². The van der Waals surface area contributed by atoms with E-state index in [1.165, 1.54) is 0 Å². The van der Waals surface area contributed by atoms with Gasteiger partial charge in [0.1, 0.15) is 0 Å². The summed E-state index contributed by atoms with van der Waals surface area (Å²) >= 11 is 1.56. The lowest BCUT2D eigenvalue weighted by Gasteiger charge is -2.24. The summed E-state index contributed by atoms with van der Waals surface area (Å²) in [6.07, 6.45) is 0.802. The first-order valence-electron chi connectivity index (χ1n) is 8.94. The molecule has 142 valence electrons. The number of likely N-dealkylation sites (N-methyl/N-ethyl adjacent to an activating group) is 1. The standard InChI is InChI=1S/C20H24N4O2S/c1-23(2)12-13-24(15-16-7-4-3-5-8-16)19(25)11-10-18-21-20(22-26-18)17-9-6-14-27-17/h3-9,14H,10-13,15H2,1-2H3. The number of nitrogens with zero attached hydrogens (tertiary/aromatic N) is 4. The van der Waals surface area contributed by atoms with Crippen LogP contribution in [0.15, 0.2) is 52.4 Å². The number of benzene rings is 1. The van der Waals surface area contributed by atoms with Crippen molar-refractivity contribution >= 4 is 17.2 Å². The highest BCUT2D eigenvalue weighted by Crippen LogP contribution is 2.21. The van der Waals surface area contributed by atoms with Gasteiger partial charge < -0.3 is 14.3 Å². The normalized spacial score (nSPS) is 11.1. The number of rotatable bonds is 9. The van der Waals surface area contributed by atoms with Crippen molar-refractivity contribution in [3.8, 4) is 10.7 Å². The molecule has 1 amide bonds. The summed E-state index contributed by atoms with van der Waals surface area (Å²) in [4.78, 5) is 22.1. The Bertz CT molecular complexity index is 831. The summed E-state index contributed by atoms with van der Waals surface area (Å²) in [6, 6.07) is 14.0.